The number of likely N-dealkylation sites (tertiary alicyclic amines) is 1. The molecule has 3 rings (SSSR count). The molecule has 23 heavy (non-hydrogen) atoms. The van der Waals surface area contributed by atoms with Crippen molar-refractivity contribution < 1.29 is 22.4 Å². The average molecular weight is 353 g/mol. The zero-order valence-corrected chi connectivity index (χ0v) is 13.0. The summed E-state index contributed by atoms with van der Waals surface area (Å²) < 4.78 is 51.5. The predicted octanol–water partition coefficient (Wildman–Crippen LogP) is 3.23. The zero-order valence-electron chi connectivity index (χ0n) is 12.2. The minimum Gasteiger partial charge on any atom is -0.337 e. The average Bonchev–Trinajstić information content (AvgIpc) is 2.77. The normalized spacial score (nSPS) is 24.1. The van der Waals surface area contributed by atoms with Gasteiger partial charge in [-0.25, -0.2) is 4.39 Å². The Bertz CT molecular complexity index is 593. The second-order valence-corrected chi connectivity index (χ2v) is 5.87. The quantitative estimate of drug-likeness (QED) is 0.787. The standard InChI is InChI=1S/C15H16F4N2O.ClH/c16-13-4-1-9(7-12(13)15(17,18)19)14(22)21-6-5-10-2-3-11(8-21)20-10;/h1,4,7,10-11,20H,2-3,5-6,8H2;1H. The van der Waals surface area contributed by atoms with E-state index in [4.69, 9.17) is 0 Å². The molecule has 1 aromatic rings. The molecule has 2 fully saturated rings. The van der Waals surface area contributed by atoms with Gasteiger partial charge in [-0.05, 0) is 37.5 Å². The van der Waals surface area contributed by atoms with E-state index in [1.165, 1.54) is 0 Å². The maximum Gasteiger partial charge on any atom is 0.419 e. The maximum absolute atomic E-state index is 13.3. The van der Waals surface area contributed by atoms with Crippen LogP contribution in [0.25, 0.3) is 0 Å². The molecule has 0 aliphatic carbocycles. The molecular weight excluding hydrogens is 336 g/mol. The van der Waals surface area contributed by atoms with Gasteiger partial charge in [0, 0.05) is 30.7 Å². The third kappa shape index (κ3) is 3.77. The number of nitrogens with zero attached hydrogens (tertiary/aromatic N) is 1. The Morgan fingerprint density at radius 1 is 1.17 bits per heavy atom. The summed E-state index contributed by atoms with van der Waals surface area (Å²) in [6.07, 6.45) is -1.98. The van der Waals surface area contributed by atoms with E-state index >= 15 is 0 Å². The van der Waals surface area contributed by atoms with Gasteiger partial charge in [0.2, 0.25) is 0 Å². The van der Waals surface area contributed by atoms with Crippen molar-refractivity contribution >= 4 is 18.3 Å². The smallest absolute Gasteiger partial charge is 0.337 e. The molecule has 2 aliphatic heterocycles. The largest absolute Gasteiger partial charge is 0.419 e. The van der Waals surface area contributed by atoms with Crippen LogP contribution in [-0.4, -0.2) is 36.0 Å². The van der Waals surface area contributed by atoms with Gasteiger partial charge in [0.1, 0.15) is 5.82 Å². The molecule has 2 bridgehead atoms. The van der Waals surface area contributed by atoms with E-state index in [1.807, 2.05) is 0 Å². The SMILES string of the molecule is Cl.O=C(c1ccc(F)c(C(F)(F)F)c1)N1CCC2CCC(C1)N2. The summed E-state index contributed by atoms with van der Waals surface area (Å²) in [6.45, 7) is 0.986. The number of halogens is 5. The van der Waals surface area contributed by atoms with Crippen LogP contribution in [0, 0.1) is 5.82 Å². The van der Waals surface area contributed by atoms with E-state index in [0.29, 0.717) is 31.3 Å². The zero-order chi connectivity index (χ0) is 15.9. The number of carbonyl (C=O) groups is 1. The summed E-state index contributed by atoms with van der Waals surface area (Å²) in [5.41, 5.74) is -1.51. The lowest BCUT2D eigenvalue weighted by Gasteiger charge is -2.24. The van der Waals surface area contributed by atoms with Crippen molar-refractivity contribution in [2.24, 2.45) is 0 Å². The minimum absolute atomic E-state index is 0. The lowest BCUT2D eigenvalue weighted by atomic mass is 10.1. The highest BCUT2D eigenvalue weighted by Crippen LogP contribution is 2.32. The van der Waals surface area contributed by atoms with Crippen LogP contribution >= 0.6 is 12.4 Å². The molecule has 2 atom stereocenters. The monoisotopic (exact) mass is 352 g/mol. The summed E-state index contributed by atoms with van der Waals surface area (Å²) in [4.78, 5) is 14.0. The molecule has 0 aromatic heterocycles. The third-order valence-corrected chi connectivity index (χ3v) is 4.33. The summed E-state index contributed by atoms with van der Waals surface area (Å²) in [6, 6.07) is 3.00. The van der Waals surface area contributed by atoms with Crippen molar-refractivity contribution in [3.8, 4) is 0 Å². The summed E-state index contributed by atoms with van der Waals surface area (Å²) in [7, 11) is 0. The Kier molecular flexibility index (Phi) is 5.20. The Balaban J connectivity index is 0.00000192. The van der Waals surface area contributed by atoms with Crippen molar-refractivity contribution in [2.45, 2.75) is 37.5 Å². The highest BCUT2D eigenvalue weighted by atomic mass is 35.5. The number of amides is 1. The fourth-order valence-electron chi connectivity index (χ4n) is 3.19. The molecule has 0 saturated carbocycles. The predicted molar refractivity (Wildman–Crippen MR) is 79.1 cm³/mol. The van der Waals surface area contributed by atoms with Gasteiger partial charge >= 0.3 is 6.18 Å². The minimum atomic E-state index is -4.81. The first kappa shape index (κ1) is 18.0. The second kappa shape index (κ2) is 6.65. The van der Waals surface area contributed by atoms with Gasteiger partial charge in [0.25, 0.3) is 5.91 Å². The molecule has 0 radical (unpaired) electrons. The van der Waals surface area contributed by atoms with Crippen molar-refractivity contribution in [1.29, 1.82) is 0 Å². The maximum atomic E-state index is 13.3. The van der Waals surface area contributed by atoms with Crippen molar-refractivity contribution in [2.75, 3.05) is 13.1 Å². The number of hydrogen-bond acceptors (Lipinski definition) is 2. The van der Waals surface area contributed by atoms with E-state index in [-0.39, 0.29) is 24.0 Å². The van der Waals surface area contributed by atoms with Gasteiger partial charge in [-0.15, -0.1) is 12.4 Å². The van der Waals surface area contributed by atoms with Crippen molar-refractivity contribution in [3.63, 3.8) is 0 Å². The number of fused-ring (bicyclic) bond motifs is 2. The molecule has 1 aromatic carbocycles. The molecule has 1 N–H and O–H groups in total. The van der Waals surface area contributed by atoms with Crippen LogP contribution in [0.1, 0.15) is 35.2 Å². The molecule has 2 saturated heterocycles. The van der Waals surface area contributed by atoms with Gasteiger partial charge in [0.05, 0.1) is 5.56 Å². The van der Waals surface area contributed by atoms with Gasteiger partial charge in [-0.2, -0.15) is 13.2 Å². The van der Waals surface area contributed by atoms with Crippen molar-refractivity contribution in [1.82, 2.24) is 10.2 Å². The number of nitrogens with one attached hydrogen (secondary N) is 1. The number of carbonyl (C=O) groups excluding carboxylic acids is 1. The molecule has 2 unspecified atom stereocenters. The lowest BCUT2D eigenvalue weighted by Crippen LogP contribution is -2.39. The number of benzene rings is 1. The van der Waals surface area contributed by atoms with E-state index in [2.05, 4.69) is 5.32 Å². The Morgan fingerprint density at radius 2 is 1.87 bits per heavy atom. The summed E-state index contributed by atoms with van der Waals surface area (Å²) in [5, 5.41) is 3.40. The summed E-state index contributed by atoms with van der Waals surface area (Å²) >= 11 is 0. The van der Waals surface area contributed by atoms with Gasteiger partial charge in [0.15, 0.2) is 0 Å². The van der Waals surface area contributed by atoms with Crippen LogP contribution in [0.3, 0.4) is 0 Å². The Hall–Kier alpha value is -1.34. The summed E-state index contributed by atoms with van der Waals surface area (Å²) in [5.74, 6) is -1.83. The number of alkyl halides is 3. The molecule has 3 nitrogen and oxygen atoms in total. The number of hydrogen-bond donors (Lipinski definition) is 1. The third-order valence-electron chi connectivity index (χ3n) is 4.33. The molecule has 1 amide bonds. The highest BCUT2D eigenvalue weighted by molar-refractivity contribution is 5.94. The van der Waals surface area contributed by atoms with Gasteiger partial charge < -0.3 is 10.2 Å². The van der Waals surface area contributed by atoms with Gasteiger partial charge in [-0.1, -0.05) is 0 Å². The second-order valence-electron chi connectivity index (χ2n) is 5.87. The van der Waals surface area contributed by atoms with Crippen LogP contribution in [0.15, 0.2) is 18.2 Å². The van der Waals surface area contributed by atoms with Crippen LogP contribution < -0.4 is 5.32 Å². The fourth-order valence-corrected chi connectivity index (χ4v) is 3.19. The van der Waals surface area contributed by atoms with E-state index in [9.17, 15) is 22.4 Å². The lowest BCUT2D eigenvalue weighted by molar-refractivity contribution is -0.140. The van der Waals surface area contributed by atoms with Gasteiger partial charge in [-0.3, -0.25) is 4.79 Å². The molecule has 0 spiro atoms. The molecule has 2 heterocycles. The molecular formula is C15H17ClF4N2O. The van der Waals surface area contributed by atoms with Crippen LogP contribution in [-0.2, 0) is 6.18 Å². The molecule has 128 valence electrons. The van der Waals surface area contributed by atoms with Crippen LogP contribution in [0.2, 0.25) is 0 Å². The highest BCUT2D eigenvalue weighted by Gasteiger charge is 2.36. The number of rotatable bonds is 1. The van der Waals surface area contributed by atoms with E-state index in [1.54, 1.807) is 4.90 Å². The fraction of sp³-hybridized carbons (Fsp3) is 0.533. The Labute approximate surface area is 137 Å². The topological polar surface area (TPSA) is 32.3 Å². The first-order chi connectivity index (χ1) is 10.3. The van der Waals surface area contributed by atoms with E-state index in [0.717, 1.165) is 25.3 Å². The van der Waals surface area contributed by atoms with Crippen LogP contribution in [0.4, 0.5) is 17.6 Å². The molecule has 8 heteroatoms. The van der Waals surface area contributed by atoms with E-state index < -0.39 is 23.5 Å². The first-order valence-electron chi connectivity index (χ1n) is 7.26. The first-order valence-corrected chi connectivity index (χ1v) is 7.26. The van der Waals surface area contributed by atoms with Crippen LogP contribution in [0.5, 0.6) is 0 Å². The Morgan fingerprint density at radius 3 is 2.57 bits per heavy atom. The molecule has 2 aliphatic rings. The van der Waals surface area contributed by atoms with Crippen molar-refractivity contribution in [3.05, 3.63) is 35.1 Å².